The van der Waals surface area contributed by atoms with Crippen LogP contribution in [-0.4, -0.2) is 37.6 Å². The summed E-state index contributed by atoms with van der Waals surface area (Å²) in [4.78, 5) is 19.0. The molecule has 5 rings (SSSR count). The van der Waals surface area contributed by atoms with Gasteiger partial charge in [-0.05, 0) is 30.9 Å². The van der Waals surface area contributed by atoms with Gasteiger partial charge >= 0.3 is 6.18 Å². The molecule has 0 radical (unpaired) electrons. The molecule has 0 aliphatic carbocycles. The van der Waals surface area contributed by atoms with E-state index in [9.17, 15) is 23.1 Å². The minimum Gasteiger partial charge on any atom is -0.382 e. The molecule has 1 aromatic carbocycles. The molecule has 35 heavy (non-hydrogen) atoms. The van der Waals surface area contributed by atoms with Crippen molar-refractivity contribution in [1.29, 1.82) is 0 Å². The van der Waals surface area contributed by atoms with Crippen molar-refractivity contribution in [3.05, 3.63) is 74.7 Å². The summed E-state index contributed by atoms with van der Waals surface area (Å²) in [5.74, 6) is 0.533. The van der Waals surface area contributed by atoms with E-state index in [4.69, 9.17) is 16.3 Å². The van der Waals surface area contributed by atoms with Crippen LogP contribution in [0.3, 0.4) is 0 Å². The van der Waals surface area contributed by atoms with Crippen molar-refractivity contribution in [2.75, 3.05) is 18.1 Å². The van der Waals surface area contributed by atoms with Crippen molar-refractivity contribution < 1.29 is 23.0 Å². The molecule has 0 spiro atoms. The number of aliphatic hydroxyl groups is 1. The van der Waals surface area contributed by atoms with Crippen LogP contribution in [0.4, 0.5) is 18.9 Å². The lowest BCUT2D eigenvalue weighted by Gasteiger charge is -2.31. The van der Waals surface area contributed by atoms with Crippen molar-refractivity contribution in [2.24, 2.45) is 0 Å². The number of benzene rings is 1. The number of aliphatic hydroxyl groups excluding tert-OH is 1. The van der Waals surface area contributed by atoms with E-state index in [1.165, 1.54) is 35.3 Å². The van der Waals surface area contributed by atoms with E-state index < -0.39 is 29.6 Å². The van der Waals surface area contributed by atoms with Gasteiger partial charge in [-0.2, -0.15) is 23.0 Å². The second-order valence-electron chi connectivity index (χ2n) is 8.57. The van der Waals surface area contributed by atoms with Gasteiger partial charge in [-0.1, -0.05) is 29.8 Å². The fraction of sp³-hybridized carbons (Fsp3) is 0.435. The summed E-state index contributed by atoms with van der Waals surface area (Å²) in [5, 5.41) is 15.1. The second kappa shape index (κ2) is 9.29. The van der Waals surface area contributed by atoms with Gasteiger partial charge in [-0.25, -0.2) is 4.98 Å². The Morgan fingerprint density at radius 3 is 2.71 bits per heavy atom. The van der Waals surface area contributed by atoms with E-state index in [2.05, 4.69) is 10.1 Å². The molecular weight excluding hydrogens is 487 g/mol. The molecule has 2 atom stereocenters. The Labute approximate surface area is 203 Å². The Kier molecular flexibility index (Phi) is 6.32. The van der Waals surface area contributed by atoms with Crippen molar-refractivity contribution >= 4 is 17.3 Å². The Morgan fingerprint density at radius 2 is 1.97 bits per heavy atom. The monoisotopic (exact) mass is 509 g/mol. The number of halogens is 4. The van der Waals surface area contributed by atoms with Crippen molar-refractivity contribution in [2.45, 2.75) is 50.9 Å². The van der Waals surface area contributed by atoms with Crippen molar-refractivity contribution in [3.63, 3.8) is 0 Å². The van der Waals surface area contributed by atoms with Crippen LogP contribution in [0, 0.1) is 0 Å². The highest BCUT2D eigenvalue weighted by molar-refractivity contribution is 6.33. The Bertz CT molecular complexity index is 1290. The minimum absolute atomic E-state index is 0.0218. The summed E-state index contributed by atoms with van der Waals surface area (Å²) in [6.45, 7) is 1.54. The fourth-order valence-corrected chi connectivity index (χ4v) is 4.89. The molecule has 3 aromatic rings. The summed E-state index contributed by atoms with van der Waals surface area (Å²) in [6, 6.07) is 4.95. The number of ether oxygens (including phenoxy) is 1. The van der Waals surface area contributed by atoms with Gasteiger partial charge < -0.3 is 19.3 Å². The lowest BCUT2D eigenvalue weighted by atomic mass is 10.00. The first-order valence-corrected chi connectivity index (χ1v) is 11.7. The molecule has 0 saturated carbocycles. The van der Waals surface area contributed by atoms with E-state index in [0.717, 1.165) is 18.9 Å². The Balaban J connectivity index is 1.40. The first-order chi connectivity index (χ1) is 16.8. The predicted octanol–water partition coefficient (Wildman–Crippen LogP) is 3.91. The predicted molar refractivity (Wildman–Crippen MR) is 121 cm³/mol. The third kappa shape index (κ3) is 4.43. The van der Waals surface area contributed by atoms with Gasteiger partial charge in [0.15, 0.2) is 6.23 Å². The van der Waals surface area contributed by atoms with Crippen LogP contribution in [0.5, 0.6) is 0 Å². The molecule has 4 heterocycles. The average molecular weight is 510 g/mol. The molecule has 0 bridgehead atoms. The highest BCUT2D eigenvalue weighted by Crippen LogP contribution is 2.37. The zero-order chi connectivity index (χ0) is 24.7. The lowest BCUT2D eigenvalue weighted by Crippen LogP contribution is -2.37. The van der Waals surface area contributed by atoms with E-state index in [1.54, 1.807) is 4.57 Å². The molecule has 0 amide bonds. The summed E-state index contributed by atoms with van der Waals surface area (Å²) in [6.07, 6.45) is -1.05. The first-order valence-electron chi connectivity index (χ1n) is 11.3. The standard InChI is InChI=1S/C23H23ClF3N5O3/c24-20-16(12-29-32(22(20)34)19-7-3-4-10-35-19)30-8-9-31-17(11-28-18(31)13-30)21(33)14-5-1-2-6-15(14)23(25,26)27/h1-2,5-6,11-12,19,21,33H,3-4,7-10,13H2. The van der Waals surface area contributed by atoms with E-state index in [1.807, 2.05) is 4.90 Å². The molecule has 12 heteroatoms. The van der Waals surface area contributed by atoms with Gasteiger partial charge in [-0.15, -0.1) is 0 Å². The quantitative estimate of drug-likeness (QED) is 0.574. The van der Waals surface area contributed by atoms with Crippen LogP contribution in [-0.2, 0) is 24.0 Å². The number of nitrogens with zero attached hydrogens (tertiary/aromatic N) is 5. The normalized spacial score (nSPS) is 19.5. The number of aromatic nitrogens is 4. The molecule has 1 fully saturated rings. The number of rotatable bonds is 4. The molecular formula is C23H23ClF3N5O3. The summed E-state index contributed by atoms with van der Waals surface area (Å²) in [7, 11) is 0. The number of imidazole rings is 1. The first kappa shape index (κ1) is 23.8. The SMILES string of the molecule is O=c1c(Cl)c(N2CCn3c(C(O)c4ccccc4C(F)(F)F)cnc3C2)cnn1C1CCCCO1. The number of fused-ring (bicyclic) bond motifs is 1. The summed E-state index contributed by atoms with van der Waals surface area (Å²) < 4.78 is 49.0. The van der Waals surface area contributed by atoms with Crippen molar-refractivity contribution in [1.82, 2.24) is 19.3 Å². The molecule has 1 N–H and O–H groups in total. The van der Waals surface area contributed by atoms with E-state index in [0.29, 0.717) is 37.6 Å². The van der Waals surface area contributed by atoms with Crippen LogP contribution < -0.4 is 10.5 Å². The molecule has 2 unspecified atom stereocenters. The molecule has 2 aliphatic heterocycles. The maximum atomic E-state index is 13.5. The van der Waals surface area contributed by atoms with Crippen LogP contribution in [0.25, 0.3) is 0 Å². The topological polar surface area (TPSA) is 85.4 Å². The largest absolute Gasteiger partial charge is 0.416 e. The second-order valence-corrected chi connectivity index (χ2v) is 8.95. The average Bonchev–Trinajstić information content (AvgIpc) is 3.28. The van der Waals surface area contributed by atoms with Crippen LogP contribution >= 0.6 is 11.6 Å². The summed E-state index contributed by atoms with van der Waals surface area (Å²) >= 11 is 6.43. The highest BCUT2D eigenvalue weighted by Gasteiger charge is 2.36. The number of hydrogen-bond donors (Lipinski definition) is 1. The minimum atomic E-state index is -4.59. The Morgan fingerprint density at radius 1 is 1.17 bits per heavy atom. The number of anilines is 1. The molecule has 1 saturated heterocycles. The maximum Gasteiger partial charge on any atom is 0.416 e. The van der Waals surface area contributed by atoms with Gasteiger partial charge in [-0.3, -0.25) is 4.79 Å². The zero-order valence-electron chi connectivity index (χ0n) is 18.6. The highest BCUT2D eigenvalue weighted by atomic mass is 35.5. The fourth-order valence-electron chi connectivity index (χ4n) is 4.64. The summed E-state index contributed by atoms with van der Waals surface area (Å²) in [5.41, 5.74) is -0.843. The number of alkyl halides is 3. The van der Waals surface area contributed by atoms with Gasteiger partial charge in [0, 0.05) is 19.7 Å². The molecule has 186 valence electrons. The smallest absolute Gasteiger partial charge is 0.382 e. The third-order valence-corrected chi connectivity index (χ3v) is 6.79. The van der Waals surface area contributed by atoms with Gasteiger partial charge in [0.25, 0.3) is 5.56 Å². The van der Waals surface area contributed by atoms with Gasteiger partial charge in [0.1, 0.15) is 17.0 Å². The number of hydrogen-bond acceptors (Lipinski definition) is 6. The molecule has 8 nitrogen and oxygen atoms in total. The van der Waals surface area contributed by atoms with Crippen LogP contribution in [0.2, 0.25) is 5.02 Å². The van der Waals surface area contributed by atoms with Crippen LogP contribution in [0.15, 0.2) is 41.5 Å². The van der Waals surface area contributed by atoms with Gasteiger partial charge in [0.2, 0.25) is 0 Å². The maximum absolute atomic E-state index is 13.5. The third-order valence-electron chi connectivity index (χ3n) is 6.43. The van der Waals surface area contributed by atoms with E-state index >= 15 is 0 Å². The lowest BCUT2D eigenvalue weighted by molar-refractivity contribution is -0.139. The zero-order valence-corrected chi connectivity index (χ0v) is 19.3. The van der Waals surface area contributed by atoms with Crippen LogP contribution in [0.1, 0.15) is 54.2 Å². The van der Waals surface area contributed by atoms with Gasteiger partial charge in [0.05, 0.1) is 35.9 Å². The molecule has 2 aliphatic rings. The van der Waals surface area contributed by atoms with Crippen molar-refractivity contribution in [3.8, 4) is 0 Å². The molecule has 2 aromatic heterocycles. The van der Waals surface area contributed by atoms with E-state index in [-0.39, 0.29) is 22.8 Å². The Hall–Kier alpha value is -2.89.